The van der Waals surface area contributed by atoms with Gasteiger partial charge in [-0.3, -0.25) is 4.79 Å². The van der Waals surface area contributed by atoms with E-state index >= 15 is 0 Å². The van der Waals surface area contributed by atoms with Gasteiger partial charge in [0.05, 0.1) is 10.8 Å². The van der Waals surface area contributed by atoms with Crippen LogP contribution < -0.4 is 4.74 Å². The number of nitrogens with zero attached hydrogens (tertiary/aromatic N) is 1. The first-order valence-electron chi connectivity index (χ1n) is 9.28. The minimum Gasteiger partial charge on any atom is -0.489 e. The molecule has 1 amide bonds. The monoisotopic (exact) mass is 311 g/mol. The minimum atomic E-state index is -0.202. The van der Waals surface area contributed by atoms with Crippen molar-refractivity contribution < 1.29 is 9.53 Å². The fraction of sp³-hybridized carbons (Fsp3) is 0.650. The van der Waals surface area contributed by atoms with Crippen LogP contribution in [0.3, 0.4) is 0 Å². The summed E-state index contributed by atoms with van der Waals surface area (Å²) >= 11 is 0. The van der Waals surface area contributed by atoms with E-state index in [4.69, 9.17) is 4.74 Å². The lowest BCUT2D eigenvalue weighted by atomic mass is 9.42. The van der Waals surface area contributed by atoms with E-state index in [0.29, 0.717) is 11.8 Å². The van der Waals surface area contributed by atoms with E-state index < -0.39 is 0 Å². The highest BCUT2D eigenvalue weighted by atomic mass is 16.5. The van der Waals surface area contributed by atoms with E-state index in [1.165, 1.54) is 5.56 Å². The van der Waals surface area contributed by atoms with Crippen molar-refractivity contribution in [1.82, 2.24) is 4.90 Å². The van der Waals surface area contributed by atoms with Crippen LogP contribution in [0.25, 0.3) is 0 Å². The molecule has 0 N–H and O–H groups in total. The van der Waals surface area contributed by atoms with E-state index in [1.54, 1.807) is 0 Å². The smallest absolute Gasteiger partial charge is 0.229 e. The molecule has 3 nitrogen and oxygen atoms in total. The maximum Gasteiger partial charge on any atom is 0.229 e. The van der Waals surface area contributed by atoms with Gasteiger partial charge in [0.15, 0.2) is 0 Å². The van der Waals surface area contributed by atoms with E-state index in [0.717, 1.165) is 57.4 Å². The Morgan fingerprint density at radius 2 is 2.00 bits per heavy atom. The second-order valence-corrected chi connectivity index (χ2v) is 7.97. The number of benzene rings is 1. The van der Waals surface area contributed by atoms with Gasteiger partial charge < -0.3 is 9.64 Å². The molecule has 3 heteroatoms. The summed E-state index contributed by atoms with van der Waals surface area (Å²) in [7, 11) is 0. The van der Waals surface area contributed by atoms with Crippen molar-refractivity contribution in [2.75, 3.05) is 13.1 Å². The second kappa shape index (κ2) is 4.52. The summed E-state index contributed by atoms with van der Waals surface area (Å²) in [6.07, 6.45) is 6.80. The highest BCUT2D eigenvalue weighted by Crippen LogP contribution is 2.69. The molecule has 3 saturated carbocycles. The predicted octanol–water partition coefficient (Wildman–Crippen LogP) is 3.52. The fourth-order valence-electron chi connectivity index (χ4n) is 6.36. The van der Waals surface area contributed by atoms with E-state index in [-0.39, 0.29) is 16.9 Å². The first kappa shape index (κ1) is 13.9. The Labute approximate surface area is 138 Å². The molecule has 0 radical (unpaired) electrons. The second-order valence-electron chi connectivity index (χ2n) is 7.97. The van der Waals surface area contributed by atoms with Gasteiger partial charge in [-0.15, -0.1) is 0 Å². The highest BCUT2D eigenvalue weighted by molar-refractivity contribution is 5.87. The molecule has 4 fully saturated rings. The van der Waals surface area contributed by atoms with Gasteiger partial charge in [-0.2, -0.15) is 0 Å². The number of ether oxygens (including phenoxy) is 1. The molecule has 2 bridgehead atoms. The van der Waals surface area contributed by atoms with Gasteiger partial charge in [-0.25, -0.2) is 0 Å². The Hall–Kier alpha value is -1.51. The third-order valence-corrected chi connectivity index (χ3v) is 7.24. The summed E-state index contributed by atoms with van der Waals surface area (Å²) in [4.78, 5) is 15.7. The number of fused-ring (bicyclic) bond motifs is 3. The third kappa shape index (κ3) is 1.45. The largest absolute Gasteiger partial charge is 0.489 e. The molecule has 2 aliphatic heterocycles. The van der Waals surface area contributed by atoms with Gasteiger partial charge >= 0.3 is 0 Å². The molecule has 1 aromatic carbocycles. The van der Waals surface area contributed by atoms with Crippen molar-refractivity contribution in [2.24, 2.45) is 11.3 Å². The van der Waals surface area contributed by atoms with Crippen LogP contribution in [-0.4, -0.2) is 30.0 Å². The number of rotatable bonds is 2. The number of para-hydroxylation sites is 1. The molecule has 2 atom stereocenters. The quantitative estimate of drug-likeness (QED) is 0.836. The minimum absolute atomic E-state index is 0.0495. The predicted molar refractivity (Wildman–Crippen MR) is 88.4 cm³/mol. The van der Waals surface area contributed by atoms with Crippen molar-refractivity contribution in [3.8, 4) is 5.75 Å². The molecular weight excluding hydrogens is 286 g/mol. The number of likely N-dealkylation sites (tertiary alicyclic amines) is 1. The summed E-state index contributed by atoms with van der Waals surface area (Å²) in [5, 5.41) is 0. The molecule has 2 spiro atoms. The molecule has 2 unspecified atom stereocenters. The summed E-state index contributed by atoms with van der Waals surface area (Å²) < 4.78 is 6.47. The Kier molecular flexibility index (Phi) is 2.73. The van der Waals surface area contributed by atoms with Gasteiger partial charge in [-0.1, -0.05) is 25.1 Å². The van der Waals surface area contributed by atoms with Crippen molar-refractivity contribution >= 4 is 5.91 Å². The summed E-state index contributed by atoms with van der Waals surface area (Å²) in [6.45, 7) is 3.98. The molecule has 6 rings (SSSR count). The first-order valence-corrected chi connectivity index (χ1v) is 9.28. The molecular formula is C20H25NO2. The molecule has 122 valence electrons. The van der Waals surface area contributed by atoms with Crippen LogP contribution in [-0.2, 0) is 10.2 Å². The SMILES string of the molecule is CCCN1CCC23c4ccccc4OC2C2CCC3(CC2)C1=O. The Bertz CT molecular complexity index is 661. The van der Waals surface area contributed by atoms with Gasteiger partial charge in [0, 0.05) is 18.7 Å². The zero-order valence-electron chi connectivity index (χ0n) is 13.9. The van der Waals surface area contributed by atoms with Gasteiger partial charge in [0.2, 0.25) is 5.91 Å². The number of hydrogen-bond donors (Lipinski definition) is 0. The zero-order valence-corrected chi connectivity index (χ0v) is 13.9. The Balaban J connectivity index is 1.70. The third-order valence-electron chi connectivity index (χ3n) is 7.24. The normalized spacial score (nSPS) is 40.4. The lowest BCUT2D eigenvalue weighted by Crippen LogP contribution is -2.70. The standard InChI is InChI=1S/C20H25NO2/c1-2-12-21-13-11-20-15-5-3-4-6-16(15)23-17(20)14-7-9-19(20,10-8-14)18(21)22/h3-6,14,17H,2,7-13H2,1H3. The van der Waals surface area contributed by atoms with E-state index in [1.807, 2.05) is 0 Å². The van der Waals surface area contributed by atoms with Crippen molar-refractivity contribution in [3.05, 3.63) is 29.8 Å². The lowest BCUT2D eigenvalue weighted by Gasteiger charge is -2.63. The molecule has 2 heterocycles. The van der Waals surface area contributed by atoms with Crippen LogP contribution in [0.15, 0.2) is 24.3 Å². The number of carbonyl (C=O) groups excluding carboxylic acids is 1. The van der Waals surface area contributed by atoms with Crippen molar-refractivity contribution in [2.45, 2.75) is 57.0 Å². The van der Waals surface area contributed by atoms with Crippen LogP contribution >= 0.6 is 0 Å². The maximum atomic E-state index is 13.5. The molecule has 0 aromatic heterocycles. The number of hydrogen-bond acceptors (Lipinski definition) is 2. The summed E-state index contributed by atoms with van der Waals surface area (Å²) in [5.74, 6) is 2.11. The van der Waals surface area contributed by atoms with Gasteiger partial charge in [0.1, 0.15) is 11.9 Å². The van der Waals surface area contributed by atoms with Crippen LogP contribution in [0.1, 0.15) is 51.0 Å². The zero-order chi connectivity index (χ0) is 15.7. The van der Waals surface area contributed by atoms with Crippen LogP contribution in [0.5, 0.6) is 5.75 Å². The Morgan fingerprint density at radius 3 is 2.78 bits per heavy atom. The van der Waals surface area contributed by atoms with Crippen LogP contribution in [0.2, 0.25) is 0 Å². The highest BCUT2D eigenvalue weighted by Gasteiger charge is 2.72. The molecule has 23 heavy (non-hydrogen) atoms. The topological polar surface area (TPSA) is 29.5 Å². The Morgan fingerprint density at radius 1 is 1.22 bits per heavy atom. The van der Waals surface area contributed by atoms with Crippen molar-refractivity contribution in [3.63, 3.8) is 0 Å². The van der Waals surface area contributed by atoms with E-state index in [2.05, 4.69) is 36.1 Å². The molecule has 5 aliphatic rings. The number of amides is 1. The molecule has 3 aliphatic carbocycles. The fourth-order valence-corrected chi connectivity index (χ4v) is 6.36. The van der Waals surface area contributed by atoms with Crippen LogP contribution in [0, 0.1) is 11.3 Å². The summed E-state index contributed by atoms with van der Waals surface area (Å²) in [6, 6.07) is 8.53. The maximum absolute atomic E-state index is 13.5. The van der Waals surface area contributed by atoms with Crippen LogP contribution in [0.4, 0.5) is 0 Å². The number of carbonyl (C=O) groups is 1. The first-order chi connectivity index (χ1) is 11.2. The molecule has 1 saturated heterocycles. The number of piperidine rings is 1. The van der Waals surface area contributed by atoms with Crippen molar-refractivity contribution in [1.29, 1.82) is 0 Å². The average molecular weight is 311 g/mol. The van der Waals surface area contributed by atoms with Gasteiger partial charge in [-0.05, 0) is 50.5 Å². The summed E-state index contributed by atoms with van der Waals surface area (Å²) in [5.41, 5.74) is 1.08. The average Bonchev–Trinajstić information content (AvgIpc) is 2.95. The van der Waals surface area contributed by atoms with Gasteiger partial charge in [0.25, 0.3) is 0 Å². The van der Waals surface area contributed by atoms with E-state index in [9.17, 15) is 4.79 Å². The lowest BCUT2D eigenvalue weighted by molar-refractivity contribution is -0.180. The molecule has 1 aromatic rings.